The third kappa shape index (κ3) is 4.46. The first-order chi connectivity index (χ1) is 14.9. The molecule has 0 bridgehead atoms. The molecule has 31 heavy (non-hydrogen) atoms. The third-order valence-corrected chi connectivity index (χ3v) is 5.36. The number of hydrogen-bond acceptors (Lipinski definition) is 5. The number of furan rings is 1. The SMILES string of the molecule is C[C@@H](Nc1ccc(C(N)=O)cc1)C(=O)N1N=C(c2ccc(Cl)cc2)C[C@H]1c1ccco1. The number of carbonyl (C=O) groups excluding carboxylic acids is 2. The van der Waals surface area contributed by atoms with Crippen molar-refractivity contribution in [2.75, 3.05) is 5.32 Å². The molecule has 0 fully saturated rings. The average Bonchev–Trinajstić information content (AvgIpc) is 3.44. The Kier molecular flexibility index (Phi) is 5.77. The molecule has 0 unspecified atom stereocenters. The zero-order chi connectivity index (χ0) is 22.0. The van der Waals surface area contributed by atoms with E-state index in [1.807, 2.05) is 18.2 Å². The molecule has 158 valence electrons. The molecule has 3 aromatic rings. The minimum atomic E-state index is -0.565. The fourth-order valence-electron chi connectivity index (χ4n) is 3.47. The summed E-state index contributed by atoms with van der Waals surface area (Å²) in [6.45, 7) is 1.76. The highest BCUT2D eigenvalue weighted by molar-refractivity contribution is 6.30. The Morgan fingerprint density at radius 2 is 1.87 bits per heavy atom. The molecule has 0 saturated carbocycles. The zero-order valence-corrected chi connectivity index (χ0v) is 17.5. The number of amides is 2. The van der Waals surface area contributed by atoms with E-state index in [0.717, 1.165) is 11.3 Å². The molecule has 0 radical (unpaired) electrons. The van der Waals surface area contributed by atoms with Crippen LogP contribution in [0.15, 0.2) is 76.4 Å². The van der Waals surface area contributed by atoms with Gasteiger partial charge in [-0.05, 0) is 61.0 Å². The number of nitrogens with one attached hydrogen (secondary N) is 1. The molecular formula is C23H21ClN4O3. The van der Waals surface area contributed by atoms with Gasteiger partial charge in [-0.25, -0.2) is 5.01 Å². The lowest BCUT2D eigenvalue weighted by molar-refractivity contribution is -0.133. The van der Waals surface area contributed by atoms with Crippen molar-refractivity contribution >= 4 is 34.8 Å². The second-order valence-electron chi connectivity index (χ2n) is 7.28. The molecular weight excluding hydrogens is 416 g/mol. The molecule has 2 heterocycles. The molecule has 1 aliphatic rings. The van der Waals surface area contributed by atoms with E-state index >= 15 is 0 Å². The lowest BCUT2D eigenvalue weighted by atomic mass is 10.0. The number of hydrazone groups is 1. The van der Waals surface area contributed by atoms with Gasteiger partial charge in [0.25, 0.3) is 5.91 Å². The van der Waals surface area contributed by atoms with Gasteiger partial charge in [-0.1, -0.05) is 23.7 Å². The Bertz CT molecular complexity index is 1110. The van der Waals surface area contributed by atoms with Crippen LogP contribution in [0, 0.1) is 0 Å². The highest BCUT2D eigenvalue weighted by atomic mass is 35.5. The number of nitrogens with zero attached hydrogens (tertiary/aromatic N) is 2. The standard InChI is InChI=1S/C23H21ClN4O3/c1-14(26-18-10-6-16(7-11-18)22(25)29)23(30)28-20(21-3-2-12-31-21)13-19(27-28)15-4-8-17(24)9-5-15/h2-12,14,20,26H,13H2,1H3,(H2,25,29)/t14-,20+/m1/s1. The van der Waals surface area contributed by atoms with Gasteiger partial charge in [0.2, 0.25) is 5.91 Å². The summed E-state index contributed by atoms with van der Waals surface area (Å²) >= 11 is 6.00. The predicted octanol–water partition coefficient (Wildman–Crippen LogP) is 4.21. The van der Waals surface area contributed by atoms with Crippen LogP contribution in [-0.4, -0.2) is 28.6 Å². The van der Waals surface area contributed by atoms with Crippen molar-refractivity contribution in [3.8, 4) is 0 Å². The minimum Gasteiger partial charge on any atom is -0.467 e. The van der Waals surface area contributed by atoms with Gasteiger partial charge in [-0.3, -0.25) is 9.59 Å². The molecule has 0 spiro atoms. The monoisotopic (exact) mass is 436 g/mol. The van der Waals surface area contributed by atoms with Crippen LogP contribution in [0.5, 0.6) is 0 Å². The normalized spacial score (nSPS) is 16.6. The predicted molar refractivity (Wildman–Crippen MR) is 119 cm³/mol. The van der Waals surface area contributed by atoms with Gasteiger partial charge in [-0.2, -0.15) is 5.10 Å². The van der Waals surface area contributed by atoms with Crippen LogP contribution in [0.4, 0.5) is 5.69 Å². The van der Waals surface area contributed by atoms with Gasteiger partial charge in [0.15, 0.2) is 0 Å². The van der Waals surface area contributed by atoms with Gasteiger partial charge in [-0.15, -0.1) is 0 Å². The summed E-state index contributed by atoms with van der Waals surface area (Å²) in [5.74, 6) is -0.0403. The molecule has 0 aliphatic carbocycles. The van der Waals surface area contributed by atoms with E-state index in [0.29, 0.717) is 28.5 Å². The summed E-state index contributed by atoms with van der Waals surface area (Å²) in [6.07, 6.45) is 2.11. The molecule has 1 aromatic heterocycles. The number of hydrogen-bond donors (Lipinski definition) is 2. The number of halogens is 1. The number of rotatable bonds is 6. The van der Waals surface area contributed by atoms with Crippen LogP contribution in [0.1, 0.15) is 41.1 Å². The number of primary amides is 1. The van der Waals surface area contributed by atoms with E-state index in [1.165, 1.54) is 5.01 Å². The van der Waals surface area contributed by atoms with E-state index < -0.39 is 11.9 Å². The number of carbonyl (C=O) groups is 2. The van der Waals surface area contributed by atoms with Gasteiger partial charge < -0.3 is 15.5 Å². The minimum absolute atomic E-state index is 0.204. The Hall–Kier alpha value is -3.58. The van der Waals surface area contributed by atoms with Crippen LogP contribution in [-0.2, 0) is 4.79 Å². The van der Waals surface area contributed by atoms with E-state index in [-0.39, 0.29) is 11.9 Å². The van der Waals surface area contributed by atoms with Gasteiger partial charge in [0.1, 0.15) is 17.8 Å². The maximum Gasteiger partial charge on any atom is 0.265 e. The zero-order valence-electron chi connectivity index (χ0n) is 16.8. The average molecular weight is 437 g/mol. The molecule has 1 aliphatic heterocycles. The first-order valence-electron chi connectivity index (χ1n) is 9.78. The van der Waals surface area contributed by atoms with Crippen LogP contribution in [0.3, 0.4) is 0 Å². The van der Waals surface area contributed by atoms with Gasteiger partial charge >= 0.3 is 0 Å². The van der Waals surface area contributed by atoms with Crippen LogP contribution < -0.4 is 11.1 Å². The fourth-order valence-corrected chi connectivity index (χ4v) is 3.60. The van der Waals surface area contributed by atoms with Crippen LogP contribution >= 0.6 is 11.6 Å². The summed E-state index contributed by atoms with van der Waals surface area (Å²) in [4.78, 5) is 24.5. The summed E-state index contributed by atoms with van der Waals surface area (Å²) in [7, 11) is 0. The maximum atomic E-state index is 13.3. The van der Waals surface area contributed by atoms with Gasteiger partial charge in [0.05, 0.1) is 12.0 Å². The lowest BCUT2D eigenvalue weighted by Crippen LogP contribution is -2.38. The first kappa shape index (κ1) is 20.7. The van der Waals surface area contributed by atoms with E-state index in [2.05, 4.69) is 10.4 Å². The van der Waals surface area contributed by atoms with Crippen molar-refractivity contribution in [3.63, 3.8) is 0 Å². The molecule has 8 heteroatoms. The van der Waals surface area contributed by atoms with E-state index in [9.17, 15) is 9.59 Å². The summed E-state index contributed by atoms with van der Waals surface area (Å²) < 4.78 is 5.58. The molecule has 2 aromatic carbocycles. The van der Waals surface area contributed by atoms with Gasteiger partial charge in [0, 0.05) is 22.7 Å². The fraction of sp³-hybridized carbons (Fsp3) is 0.174. The van der Waals surface area contributed by atoms with E-state index in [4.69, 9.17) is 21.8 Å². The second kappa shape index (κ2) is 8.65. The largest absolute Gasteiger partial charge is 0.467 e. The van der Waals surface area contributed by atoms with Crippen molar-refractivity contribution in [1.29, 1.82) is 0 Å². The Morgan fingerprint density at radius 1 is 1.16 bits per heavy atom. The highest BCUT2D eigenvalue weighted by Gasteiger charge is 2.36. The third-order valence-electron chi connectivity index (χ3n) is 5.11. The number of nitrogens with two attached hydrogens (primary N) is 1. The Balaban J connectivity index is 1.56. The topological polar surface area (TPSA) is 101 Å². The smallest absolute Gasteiger partial charge is 0.265 e. The van der Waals surface area contributed by atoms with Crippen LogP contribution in [0.2, 0.25) is 5.02 Å². The number of anilines is 1. The van der Waals surface area contributed by atoms with E-state index in [1.54, 1.807) is 55.7 Å². The van der Waals surface area contributed by atoms with Crippen molar-refractivity contribution in [2.24, 2.45) is 10.8 Å². The summed E-state index contributed by atoms with van der Waals surface area (Å²) in [5.41, 5.74) is 8.06. The van der Waals surface area contributed by atoms with Crippen molar-refractivity contribution in [1.82, 2.24) is 5.01 Å². The molecule has 2 amide bonds. The molecule has 2 atom stereocenters. The Labute approximate surface area is 184 Å². The first-order valence-corrected chi connectivity index (χ1v) is 10.2. The second-order valence-corrected chi connectivity index (χ2v) is 7.72. The van der Waals surface area contributed by atoms with Crippen molar-refractivity contribution in [2.45, 2.75) is 25.4 Å². The molecule has 0 saturated heterocycles. The van der Waals surface area contributed by atoms with Crippen molar-refractivity contribution in [3.05, 3.63) is 88.8 Å². The molecule has 3 N–H and O–H groups in total. The quantitative estimate of drug-likeness (QED) is 0.604. The summed E-state index contributed by atoms with van der Waals surface area (Å²) in [5, 5.41) is 9.88. The van der Waals surface area contributed by atoms with Crippen LogP contribution in [0.25, 0.3) is 0 Å². The molecule has 7 nitrogen and oxygen atoms in total. The highest BCUT2D eigenvalue weighted by Crippen LogP contribution is 2.34. The number of benzene rings is 2. The molecule has 4 rings (SSSR count). The lowest BCUT2D eigenvalue weighted by Gasteiger charge is -2.24. The Morgan fingerprint density at radius 3 is 2.48 bits per heavy atom. The summed E-state index contributed by atoms with van der Waals surface area (Å²) in [6, 6.07) is 16.7. The maximum absolute atomic E-state index is 13.3. The van der Waals surface area contributed by atoms with Crippen molar-refractivity contribution < 1.29 is 14.0 Å².